The molecule has 0 atom stereocenters. The standard InChI is InChI=1S/C19H18BrN5/c20-15-3-1-13(2-4-15)12-22-18-11-17(14-7-9-21-10-8-14)24-19(25-18)23-16-5-6-16/h1-4,7-11,16H,5-6,12H2,(H2,22,23,24,25). The van der Waals surface area contributed by atoms with Gasteiger partial charge in [0, 0.05) is 41.1 Å². The molecule has 0 unspecified atom stereocenters. The van der Waals surface area contributed by atoms with Crippen LogP contribution in [0.4, 0.5) is 11.8 Å². The average molecular weight is 396 g/mol. The Morgan fingerprint density at radius 3 is 2.48 bits per heavy atom. The summed E-state index contributed by atoms with van der Waals surface area (Å²) >= 11 is 3.46. The van der Waals surface area contributed by atoms with Gasteiger partial charge in [0.05, 0.1) is 5.69 Å². The van der Waals surface area contributed by atoms with Gasteiger partial charge in [-0.05, 0) is 42.7 Å². The van der Waals surface area contributed by atoms with Crippen molar-refractivity contribution in [3.05, 3.63) is 64.9 Å². The van der Waals surface area contributed by atoms with Crippen LogP contribution >= 0.6 is 15.9 Å². The van der Waals surface area contributed by atoms with Crippen molar-refractivity contribution in [2.45, 2.75) is 25.4 Å². The topological polar surface area (TPSA) is 62.7 Å². The van der Waals surface area contributed by atoms with Gasteiger partial charge in [0.25, 0.3) is 0 Å². The molecule has 1 aliphatic rings. The van der Waals surface area contributed by atoms with Crippen LogP contribution in [0.2, 0.25) is 0 Å². The van der Waals surface area contributed by atoms with Crippen molar-refractivity contribution in [3.8, 4) is 11.3 Å². The van der Waals surface area contributed by atoms with E-state index in [1.54, 1.807) is 12.4 Å². The Labute approximate surface area is 155 Å². The van der Waals surface area contributed by atoms with Gasteiger partial charge in [0.15, 0.2) is 0 Å². The van der Waals surface area contributed by atoms with Crippen molar-refractivity contribution in [2.75, 3.05) is 10.6 Å². The van der Waals surface area contributed by atoms with Crippen LogP contribution in [0, 0.1) is 0 Å². The van der Waals surface area contributed by atoms with E-state index < -0.39 is 0 Å². The Kier molecular flexibility index (Phi) is 4.61. The molecular weight excluding hydrogens is 378 g/mol. The lowest BCUT2D eigenvalue weighted by atomic mass is 10.2. The van der Waals surface area contributed by atoms with Gasteiger partial charge in [-0.15, -0.1) is 0 Å². The fourth-order valence-corrected chi connectivity index (χ4v) is 2.74. The second-order valence-electron chi connectivity index (χ2n) is 6.10. The van der Waals surface area contributed by atoms with Crippen molar-refractivity contribution in [2.24, 2.45) is 0 Å². The lowest BCUT2D eigenvalue weighted by Crippen LogP contribution is -2.09. The average Bonchev–Trinajstić information content (AvgIpc) is 3.46. The molecule has 1 aromatic carbocycles. The third kappa shape index (κ3) is 4.33. The minimum Gasteiger partial charge on any atom is -0.366 e. The molecule has 1 aliphatic carbocycles. The van der Waals surface area contributed by atoms with Crippen LogP contribution in [-0.4, -0.2) is 21.0 Å². The third-order valence-electron chi connectivity index (χ3n) is 4.00. The lowest BCUT2D eigenvalue weighted by molar-refractivity contribution is 1.03. The predicted octanol–water partition coefficient (Wildman–Crippen LogP) is 4.49. The van der Waals surface area contributed by atoms with E-state index >= 15 is 0 Å². The van der Waals surface area contributed by atoms with Crippen molar-refractivity contribution in [1.29, 1.82) is 0 Å². The first-order valence-corrected chi connectivity index (χ1v) is 9.10. The van der Waals surface area contributed by atoms with Crippen LogP contribution in [0.1, 0.15) is 18.4 Å². The van der Waals surface area contributed by atoms with Crippen LogP contribution in [0.15, 0.2) is 59.3 Å². The zero-order valence-corrected chi connectivity index (χ0v) is 15.2. The zero-order valence-electron chi connectivity index (χ0n) is 13.6. The maximum atomic E-state index is 4.65. The molecule has 1 saturated carbocycles. The van der Waals surface area contributed by atoms with Gasteiger partial charge in [0.2, 0.25) is 5.95 Å². The maximum Gasteiger partial charge on any atom is 0.225 e. The molecule has 2 aromatic heterocycles. The monoisotopic (exact) mass is 395 g/mol. The maximum absolute atomic E-state index is 4.65. The SMILES string of the molecule is Brc1ccc(CNc2cc(-c3ccncc3)nc(NC3CC3)n2)cc1. The van der Waals surface area contributed by atoms with Gasteiger partial charge in [-0.25, -0.2) is 4.98 Å². The molecule has 25 heavy (non-hydrogen) atoms. The molecular formula is C19H18BrN5. The molecule has 4 rings (SSSR count). The van der Waals surface area contributed by atoms with Crippen LogP contribution in [0.5, 0.6) is 0 Å². The third-order valence-corrected chi connectivity index (χ3v) is 4.53. The van der Waals surface area contributed by atoms with E-state index in [-0.39, 0.29) is 0 Å². The molecule has 1 fully saturated rings. The van der Waals surface area contributed by atoms with Gasteiger partial charge in [0.1, 0.15) is 5.82 Å². The smallest absolute Gasteiger partial charge is 0.225 e. The first-order chi connectivity index (χ1) is 12.3. The molecule has 0 bridgehead atoms. The van der Waals surface area contributed by atoms with E-state index in [1.807, 2.05) is 30.3 Å². The van der Waals surface area contributed by atoms with Crippen molar-refractivity contribution >= 4 is 27.7 Å². The first kappa shape index (κ1) is 16.0. The highest BCUT2D eigenvalue weighted by Crippen LogP contribution is 2.26. The highest BCUT2D eigenvalue weighted by atomic mass is 79.9. The molecule has 2 heterocycles. The number of hydrogen-bond donors (Lipinski definition) is 2. The highest BCUT2D eigenvalue weighted by molar-refractivity contribution is 9.10. The molecule has 3 aromatic rings. The summed E-state index contributed by atoms with van der Waals surface area (Å²) in [7, 11) is 0. The Hall–Kier alpha value is -2.47. The van der Waals surface area contributed by atoms with Gasteiger partial charge >= 0.3 is 0 Å². The second-order valence-corrected chi connectivity index (χ2v) is 7.01. The molecule has 6 heteroatoms. The number of pyridine rings is 1. The minimum absolute atomic E-state index is 0.506. The van der Waals surface area contributed by atoms with Gasteiger partial charge in [-0.3, -0.25) is 4.98 Å². The summed E-state index contributed by atoms with van der Waals surface area (Å²) in [5.74, 6) is 1.49. The molecule has 126 valence electrons. The van der Waals surface area contributed by atoms with Crippen LogP contribution in [0.3, 0.4) is 0 Å². The van der Waals surface area contributed by atoms with E-state index in [1.165, 1.54) is 18.4 Å². The van der Waals surface area contributed by atoms with Crippen LogP contribution < -0.4 is 10.6 Å². The molecule has 0 saturated heterocycles. The molecule has 0 spiro atoms. The van der Waals surface area contributed by atoms with E-state index in [0.29, 0.717) is 18.5 Å². The number of rotatable bonds is 6. The Morgan fingerprint density at radius 2 is 1.76 bits per heavy atom. The van der Waals surface area contributed by atoms with Crippen molar-refractivity contribution < 1.29 is 0 Å². The van der Waals surface area contributed by atoms with Crippen LogP contribution in [0.25, 0.3) is 11.3 Å². The Balaban J connectivity index is 1.57. The number of benzene rings is 1. The van der Waals surface area contributed by atoms with Gasteiger partial charge in [-0.1, -0.05) is 28.1 Å². The zero-order chi connectivity index (χ0) is 17.1. The molecule has 0 radical (unpaired) electrons. The fourth-order valence-electron chi connectivity index (χ4n) is 2.48. The number of aromatic nitrogens is 3. The predicted molar refractivity (Wildman–Crippen MR) is 103 cm³/mol. The molecule has 5 nitrogen and oxygen atoms in total. The minimum atomic E-state index is 0.506. The van der Waals surface area contributed by atoms with Crippen molar-refractivity contribution in [1.82, 2.24) is 15.0 Å². The normalized spacial score (nSPS) is 13.5. The summed E-state index contributed by atoms with van der Waals surface area (Å²) < 4.78 is 1.08. The van der Waals surface area contributed by atoms with Crippen molar-refractivity contribution in [3.63, 3.8) is 0 Å². The number of hydrogen-bond acceptors (Lipinski definition) is 5. The van der Waals surface area contributed by atoms with Gasteiger partial charge < -0.3 is 10.6 Å². The number of anilines is 2. The number of halogens is 1. The van der Waals surface area contributed by atoms with E-state index in [0.717, 1.165) is 21.5 Å². The molecule has 0 amide bonds. The summed E-state index contributed by atoms with van der Waals surface area (Å²) in [6.45, 7) is 0.711. The highest BCUT2D eigenvalue weighted by Gasteiger charge is 2.22. The first-order valence-electron chi connectivity index (χ1n) is 8.30. The number of nitrogens with one attached hydrogen (secondary N) is 2. The quantitative estimate of drug-likeness (QED) is 0.643. The summed E-state index contributed by atoms with van der Waals surface area (Å²) in [6, 6.07) is 14.7. The summed E-state index contributed by atoms with van der Waals surface area (Å²) in [5, 5.41) is 6.79. The van der Waals surface area contributed by atoms with E-state index in [2.05, 4.69) is 53.6 Å². The number of nitrogens with zero attached hydrogens (tertiary/aromatic N) is 3. The fraction of sp³-hybridized carbons (Fsp3) is 0.211. The summed E-state index contributed by atoms with van der Waals surface area (Å²) in [5.41, 5.74) is 3.12. The van der Waals surface area contributed by atoms with Crippen LogP contribution in [-0.2, 0) is 6.54 Å². The largest absolute Gasteiger partial charge is 0.366 e. The Morgan fingerprint density at radius 1 is 1.00 bits per heavy atom. The molecule has 0 aliphatic heterocycles. The summed E-state index contributed by atoms with van der Waals surface area (Å²) in [6.07, 6.45) is 5.93. The summed E-state index contributed by atoms with van der Waals surface area (Å²) in [4.78, 5) is 13.3. The van der Waals surface area contributed by atoms with Gasteiger partial charge in [-0.2, -0.15) is 4.98 Å². The van der Waals surface area contributed by atoms with E-state index in [9.17, 15) is 0 Å². The Bertz CT molecular complexity index is 847. The van der Waals surface area contributed by atoms with E-state index in [4.69, 9.17) is 0 Å². The lowest BCUT2D eigenvalue weighted by Gasteiger charge is -2.11. The molecule has 2 N–H and O–H groups in total. The second kappa shape index (κ2) is 7.19.